The summed E-state index contributed by atoms with van der Waals surface area (Å²) in [5.74, 6) is 0.279. The van der Waals surface area contributed by atoms with Crippen LogP contribution >= 0.6 is 0 Å². The first-order valence-electron chi connectivity index (χ1n) is 8.16. The molecule has 0 saturated carbocycles. The number of rotatable bonds is 8. The molecule has 0 aliphatic rings. The van der Waals surface area contributed by atoms with E-state index in [4.69, 9.17) is 4.74 Å². The minimum Gasteiger partial charge on any atom is -0.447 e. The van der Waals surface area contributed by atoms with Gasteiger partial charge in [-0.25, -0.2) is 4.79 Å². The molecular formula is C18H28N2O3. The van der Waals surface area contributed by atoms with Crippen LogP contribution in [0.4, 0.5) is 4.79 Å². The zero-order chi connectivity index (χ0) is 17.2. The summed E-state index contributed by atoms with van der Waals surface area (Å²) in [5.41, 5.74) is 2.45. The van der Waals surface area contributed by atoms with Gasteiger partial charge in [-0.15, -0.1) is 0 Å². The predicted octanol–water partition coefficient (Wildman–Crippen LogP) is 3.13. The Morgan fingerprint density at radius 3 is 2.35 bits per heavy atom. The first-order chi connectivity index (χ1) is 10.9. The number of alkyl carbamates (subject to hydrolysis) is 1. The predicted molar refractivity (Wildman–Crippen MR) is 91.5 cm³/mol. The van der Waals surface area contributed by atoms with Crippen molar-refractivity contribution in [3.05, 3.63) is 35.4 Å². The van der Waals surface area contributed by atoms with Crippen LogP contribution in [0.25, 0.3) is 0 Å². The number of carbonyl (C=O) groups excluding carboxylic acids is 2. The molecule has 2 N–H and O–H groups in total. The lowest BCUT2D eigenvalue weighted by Crippen LogP contribution is -2.30. The number of hydrogen-bond donors (Lipinski definition) is 2. The zero-order valence-corrected chi connectivity index (χ0v) is 14.5. The van der Waals surface area contributed by atoms with Crippen LogP contribution in [0.15, 0.2) is 24.3 Å². The molecule has 0 aliphatic carbocycles. The van der Waals surface area contributed by atoms with Crippen LogP contribution in [-0.4, -0.2) is 31.2 Å². The van der Waals surface area contributed by atoms with Gasteiger partial charge in [-0.2, -0.15) is 0 Å². The van der Waals surface area contributed by atoms with Gasteiger partial charge in [0.1, 0.15) is 0 Å². The standard InChI is InChI=1S/C18H28N2O3/c1-13(2)23-18(22)19-11-5-6-17(21)20-12-15(4)16-9-7-14(3)8-10-16/h7-10,13,15H,5-6,11-12H2,1-4H3,(H,19,22)(H,20,21)/t15-/m1/s1. The van der Waals surface area contributed by atoms with E-state index in [1.54, 1.807) is 13.8 Å². The van der Waals surface area contributed by atoms with Gasteiger partial charge in [0.25, 0.3) is 0 Å². The average molecular weight is 320 g/mol. The Hall–Kier alpha value is -2.04. The van der Waals surface area contributed by atoms with E-state index in [1.165, 1.54) is 11.1 Å². The van der Waals surface area contributed by atoms with Crippen LogP contribution < -0.4 is 10.6 Å². The second kappa shape index (κ2) is 9.87. The van der Waals surface area contributed by atoms with E-state index >= 15 is 0 Å². The van der Waals surface area contributed by atoms with E-state index in [0.29, 0.717) is 25.9 Å². The van der Waals surface area contributed by atoms with Crippen LogP contribution in [0.3, 0.4) is 0 Å². The van der Waals surface area contributed by atoms with E-state index in [0.717, 1.165) is 0 Å². The molecule has 0 unspecified atom stereocenters. The van der Waals surface area contributed by atoms with E-state index in [1.807, 2.05) is 0 Å². The molecular weight excluding hydrogens is 292 g/mol. The lowest BCUT2D eigenvalue weighted by Gasteiger charge is -2.13. The molecule has 1 aromatic rings. The van der Waals surface area contributed by atoms with Crippen LogP contribution in [0.5, 0.6) is 0 Å². The lowest BCUT2D eigenvalue weighted by molar-refractivity contribution is -0.121. The van der Waals surface area contributed by atoms with Crippen molar-refractivity contribution < 1.29 is 14.3 Å². The third-order valence-corrected chi connectivity index (χ3v) is 3.44. The van der Waals surface area contributed by atoms with Gasteiger partial charge in [-0.1, -0.05) is 36.8 Å². The minimum atomic E-state index is -0.437. The molecule has 23 heavy (non-hydrogen) atoms. The highest BCUT2D eigenvalue weighted by molar-refractivity contribution is 5.76. The average Bonchev–Trinajstić information content (AvgIpc) is 2.49. The fourth-order valence-electron chi connectivity index (χ4n) is 2.06. The molecule has 0 radical (unpaired) electrons. The lowest BCUT2D eigenvalue weighted by atomic mass is 10.00. The fraction of sp³-hybridized carbons (Fsp3) is 0.556. The van der Waals surface area contributed by atoms with Gasteiger partial charge in [-0.05, 0) is 38.7 Å². The third-order valence-electron chi connectivity index (χ3n) is 3.44. The number of aryl methyl sites for hydroxylation is 1. The molecule has 1 atom stereocenters. The highest BCUT2D eigenvalue weighted by Crippen LogP contribution is 2.14. The van der Waals surface area contributed by atoms with Crippen LogP contribution in [-0.2, 0) is 9.53 Å². The molecule has 0 aliphatic heterocycles. The van der Waals surface area contributed by atoms with Gasteiger partial charge < -0.3 is 15.4 Å². The van der Waals surface area contributed by atoms with Gasteiger partial charge in [-0.3, -0.25) is 4.79 Å². The Morgan fingerprint density at radius 1 is 1.09 bits per heavy atom. The van der Waals surface area contributed by atoms with Gasteiger partial charge in [0.15, 0.2) is 0 Å². The van der Waals surface area contributed by atoms with Crippen LogP contribution in [0.2, 0.25) is 0 Å². The van der Waals surface area contributed by atoms with Crippen molar-refractivity contribution in [2.45, 2.75) is 52.6 Å². The first-order valence-corrected chi connectivity index (χ1v) is 8.16. The fourth-order valence-corrected chi connectivity index (χ4v) is 2.06. The van der Waals surface area contributed by atoms with Gasteiger partial charge in [0.05, 0.1) is 6.10 Å². The Bertz CT molecular complexity index is 497. The summed E-state index contributed by atoms with van der Waals surface area (Å²) >= 11 is 0. The SMILES string of the molecule is Cc1ccc([C@H](C)CNC(=O)CCCNC(=O)OC(C)C)cc1. The molecule has 128 valence electrons. The maximum atomic E-state index is 11.8. The molecule has 0 saturated heterocycles. The smallest absolute Gasteiger partial charge is 0.407 e. The number of ether oxygens (including phenoxy) is 1. The number of nitrogens with one attached hydrogen (secondary N) is 2. The molecule has 1 aromatic carbocycles. The topological polar surface area (TPSA) is 67.4 Å². The van der Waals surface area contributed by atoms with Gasteiger partial charge in [0.2, 0.25) is 5.91 Å². The van der Waals surface area contributed by atoms with Gasteiger partial charge in [0, 0.05) is 19.5 Å². The Morgan fingerprint density at radius 2 is 1.74 bits per heavy atom. The summed E-state index contributed by atoms with van der Waals surface area (Å²) in [7, 11) is 0. The summed E-state index contributed by atoms with van der Waals surface area (Å²) in [6.45, 7) is 8.79. The van der Waals surface area contributed by atoms with Crippen molar-refractivity contribution >= 4 is 12.0 Å². The van der Waals surface area contributed by atoms with E-state index in [2.05, 4.69) is 48.7 Å². The quantitative estimate of drug-likeness (QED) is 0.723. The molecule has 0 heterocycles. The number of amides is 2. The van der Waals surface area contributed by atoms with Crippen molar-refractivity contribution in [1.82, 2.24) is 10.6 Å². The maximum Gasteiger partial charge on any atom is 0.407 e. The second-order valence-corrected chi connectivity index (χ2v) is 6.10. The molecule has 5 nitrogen and oxygen atoms in total. The maximum absolute atomic E-state index is 11.8. The summed E-state index contributed by atoms with van der Waals surface area (Å²) in [4.78, 5) is 23.1. The summed E-state index contributed by atoms with van der Waals surface area (Å²) in [6.07, 6.45) is 0.413. The van der Waals surface area contributed by atoms with E-state index < -0.39 is 6.09 Å². The Balaban J connectivity index is 2.17. The normalized spacial score (nSPS) is 11.9. The molecule has 0 bridgehead atoms. The van der Waals surface area contributed by atoms with Crippen molar-refractivity contribution in [2.24, 2.45) is 0 Å². The summed E-state index contributed by atoms with van der Waals surface area (Å²) < 4.78 is 4.94. The van der Waals surface area contributed by atoms with Crippen molar-refractivity contribution in [1.29, 1.82) is 0 Å². The molecule has 0 spiro atoms. The molecule has 0 fully saturated rings. The van der Waals surface area contributed by atoms with Crippen molar-refractivity contribution in [3.63, 3.8) is 0 Å². The highest BCUT2D eigenvalue weighted by Gasteiger charge is 2.08. The van der Waals surface area contributed by atoms with Gasteiger partial charge >= 0.3 is 6.09 Å². The van der Waals surface area contributed by atoms with Crippen molar-refractivity contribution in [3.8, 4) is 0 Å². The minimum absolute atomic E-state index is 0.00277. The molecule has 2 amide bonds. The molecule has 0 aromatic heterocycles. The monoisotopic (exact) mass is 320 g/mol. The molecule has 5 heteroatoms. The third kappa shape index (κ3) is 8.24. The number of carbonyl (C=O) groups is 2. The van der Waals surface area contributed by atoms with Crippen LogP contribution in [0.1, 0.15) is 50.7 Å². The Labute approximate surface area is 138 Å². The highest BCUT2D eigenvalue weighted by atomic mass is 16.6. The number of hydrogen-bond acceptors (Lipinski definition) is 3. The zero-order valence-electron chi connectivity index (χ0n) is 14.5. The van der Waals surface area contributed by atoms with E-state index in [9.17, 15) is 9.59 Å². The Kier molecular flexibility index (Phi) is 8.16. The first kappa shape index (κ1) is 19.0. The van der Waals surface area contributed by atoms with E-state index in [-0.39, 0.29) is 17.9 Å². The number of benzene rings is 1. The molecule has 1 rings (SSSR count). The van der Waals surface area contributed by atoms with Crippen molar-refractivity contribution in [2.75, 3.05) is 13.1 Å². The van der Waals surface area contributed by atoms with Crippen LogP contribution in [0, 0.1) is 6.92 Å². The summed E-state index contributed by atoms with van der Waals surface area (Å²) in [5, 5.41) is 5.56. The summed E-state index contributed by atoms with van der Waals surface area (Å²) in [6, 6.07) is 8.35. The second-order valence-electron chi connectivity index (χ2n) is 6.10. The largest absolute Gasteiger partial charge is 0.447 e.